The molecule has 1 N–H and O–H groups in total. The Labute approximate surface area is 138 Å². The van der Waals surface area contributed by atoms with Crippen molar-refractivity contribution in [3.63, 3.8) is 0 Å². The lowest BCUT2D eigenvalue weighted by Gasteiger charge is -2.27. The van der Waals surface area contributed by atoms with Crippen LogP contribution in [0.4, 0.5) is 15.2 Å². The fourth-order valence-electron chi connectivity index (χ4n) is 2.52. The van der Waals surface area contributed by atoms with E-state index in [0.29, 0.717) is 5.89 Å². The molecule has 0 aromatic carbocycles. The number of carbonyl (C=O) groups excluding carboxylic acids is 2. The van der Waals surface area contributed by atoms with Gasteiger partial charge in [-0.3, -0.25) is 15.0 Å². The Balaban J connectivity index is 1.65. The lowest BCUT2D eigenvalue weighted by atomic mass is 10.2. The van der Waals surface area contributed by atoms with Crippen LogP contribution in [-0.4, -0.2) is 51.5 Å². The molecule has 0 unspecified atom stereocenters. The van der Waals surface area contributed by atoms with Gasteiger partial charge in [-0.15, -0.1) is 5.10 Å². The first-order valence-corrected chi connectivity index (χ1v) is 8.01. The number of hydrogen-bond acceptors (Lipinski definition) is 6. The number of hydrogen-bond donors (Lipinski definition) is 1. The molecule has 9 heteroatoms. The molecule has 1 aromatic heterocycles. The summed E-state index contributed by atoms with van der Waals surface area (Å²) in [5.41, 5.74) is -0.724. The van der Waals surface area contributed by atoms with E-state index in [1.807, 2.05) is 0 Å². The van der Waals surface area contributed by atoms with Crippen molar-refractivity contribution in [2.24, 2.45) is 0 Å². The Morgan fingerprint density at radius 3 is 2.67 bits per heavy atom. The molecule has 1 aliphatic heterocycles. The van der Waals surface area contributed by atoms with Crippen LogP contribution in [0.3, 0.4) is 0 Å². The van der Waals surface area contributed by atoms with Gasteiger partial charge in [-0.25, -0.2) is 9.18 Å². The number of rotatable bonds is 3. The standard InChI is InChI=1S/C15H21FN4O4/c1-15(2,3)24-14(22)20-7-9(16)6-10(20)11(21)17-13-19-18-12(23-13)8-4-5-8/h8-10H,4-7H2,1-3H3,(H,17,19,21)/t9-,10+/m0/s1. The van der Waals surface area contributed by atoms with Gasteiger partial charge in [0, 0.05) is 12.3 Å². The summed E-state index contributed by atoms with van der Waals surface area (Å²) in [7, 11) is 0. The number of nitrogens with zero attached hydrogens (tertiary/aromatic N) is 3. The Bertz CT molecular complexity index is 638. The number of ether oxygens (including phenoxy) is 1. The van der Waals surface area contributed by atoms with E-state index in [2.05, 4.69) is 15.5 Å². The van der Waals surface area contributed by atoms with Crippen molar-refractivity contribution in [2.45, 2.75) is 63.8 Å². The molecule has 2 heterocycles. The smallest absolute Gasteiger partial charge is 0.411 e. The van der Waals surface area contributed by atoms with Gasteiger partial charge in [0.05, 0.1) is 6.54 Å². The van der Waals surface area contributed by atoms with Gasteiger partial charge in [0.15, 0.2) is 0 Å². The number of alkyl halides is 1. The van der Waals surface area contributed by atoms with Gasteiger partial charge < -0.3 is 9.15 Å². The predicted octanol–water partition coefficient (Wildman–Crippen LogP) is 2.23. The van der Waals surface area contributed by atoms with Crippen LogP contribution in [0.15, 0.2) is 4.42 Å². The quantitative estimate of drug-likeness (QED) is 0.906. The van der Waals surface area contributed by atoms with Gasteiger partial charge >= 0.3 is 12.1 Å². The van der Waals surface area contributed by atoms with Crippen LogP contribution in [0.25, 0.3) is 0 Å². The summed E-state index contributed by atoms with van der Waals surface area (Å²) < 4.78 is 24.3. The molecular formula is C15H21FN4O4. The zero-order valence-electron chi connectivity index (χ0n) is 13.9. The summed E-state index contributed by atoms with van der Waals surface area (Å²) in [6.45, 7) is 4.95. The zero-order chi connectivity index (χ0) is 17.5. The van der Waals surface area contributed by atoms with Crippen LogP contribution in [0.2, 0.25) is 0 Å². The summed E-state index contributed by atoms with van der Waals surface area (Å²) in [4.78, 5) is 25.7. The summed E-state index contributed by atoms with van der Waals surface area (Å²) in [5, 5.41) is 10.1. The van der Waals surface area contributed by atoms with Crippen LogP contribution in [-0.2, 0) is 9.53 Å². The summed E-state index contributed by atoms with van der Waals surface area (Å²) in [6, 6.07) is -1.00. The van der Waals surface area contributed by atoms with Crippen molar-refractivity contribution in [3.05, 3.63) is 5.89 Å². The largest absolute Gasteiger partial charge is 0.444 e. The highest BCUT2D eigenvalue weighted by atomic mass is 19.1. The molecule has 1 saturated carbocycles. The highest BCUT2D eigenvalue weighted by Crippen LogP contribution is 2.39. The average molecular weight is 340 g/mol. The van der Waals surface area contributed by atoms with Gasteiger partial charge in [0.25, 0.3) is 5.91 Å². The summed E-state index contributed by atoms with van der Waals surface area (Å²) >= 11 is 0. The number of nitrogens with one attached hydrogen (secondary N) is 1. The zero-order valence-corrected chi connectivity index (χ0v) is 13.9. The second-order valence-corrected chi connectivity index (χ2v) is 7.19. The molecule has 24 heavy (non-hydrogen) atoms. The van der Waals surface area contributed by atoms with Crippen molar-refractivity contribution in [1.29, 1.82) is 0 Å². The predicted molar refractivity (Wildman–Crippen MR) is 81.1 cm³/mol. The molecule has 2 fully saturated rings. The van der Waals surface area contributed by atoms with Gasteiger partial charge in [-0.1, -0.05) is 5.10 Å². The molecule has 1 aliphatic carbocycles. The topological polar surface area (TPSA) is 97.6 Å². The van der Waals surface area contributed by atoms with Crippen molar-refractivity contribution >= 4 is 18.0 Å². The lowest BCUT2D eigenvalue weighted by Crippen LogP contribution is -2.45. The van der Waals surface area contributed by atoms with E-state index in [4.69, 9.17) is 9.15 Å². The van der Waals surface area contributed by atoms with E-state index in [0.717, 1.165) is 17.7 Å². The van der Waals surface area contributed by atoms with Crippen molar-refractivity contribution in [2.75, 3.05) is 11.9 Å². The molecule has 132 valence electrons. The van der Waals surface area contributed by atoms with Gasteiger partial charge in [0.2, 0.25) is 5.89 Å². The Morgan fingerprint density at radius 1 is 1.33 bits per heavy atom. The fraction of sp³-hybridized carbons (Fsp3) is 0.733. The monoisotopic (exact) mass is 340 g/mol. The Hall–Kier alpha value is -2.19. The molecule has 2 atom stereocenters. The minimum atomic E-state index is -1.28. The van der Waals surface area contributed by atoms with Gasteiger partial charge in [-0.05, 0) is 33.6 Å². The van der Waals surface area contributed by atoms with E-state index in [1.165, 1.54) is 0 Å². The molecule has 1 saturated heterocycles. The Kier molecular flexibility index (Phi) is 4.18. The number of aromatic nitrogens is 2. The maximum absolute atomic E-state index is 13.8. The van der Waals surface area contributed by atoms with Gasteiger partial charge in [0.1, 0.15) is 17.8 Å². The number of carbonyl (C=O) groups is 2. The third-order valence-electron chi connectivity index (χ3n) is 3.78. The molecule has 2 aliphatic rings. The first kappa shape index (κ1) is 16.7. The van der Waals surface area contributed by atoms with E-state index < -0.39 is 29.8 Å². The lowest BCUT2D eigenvalue weighted by molar-refractivity contribution is -0.120. The SMILES string of the molecule is CC(C)(C)OC(=O)N1C[C@@H](F)C[C@@H]1C(=O)Nc1nnc(C2CC2)o1. The molecule has 3 rings (SSSR count). The van der Waals surface area contributed by atoms with Crippen molar-refractivity contribution in [1.82, 2.24) is 15.1 Å². The van der Waals surface area contributed by atoms with Crippen LogP contribution >= 0.6 is 0 Å². The van der Waals surface area contributed by atoms with Crippen LogP contribution in [0.5, 0.6) is 0 Å². The fourth-order valence-corrected chi connectivity index (χ4v) is 2.52. The van der Waals surface area contributed by atoms with E-state index in [-0.39, 0.29) is 24.9 Å². The minimum absolute atomic E-state index is 0.0339. The molecule has 0 radical (unpaired) electrons. The van der Waals surface area contributed by atoms with E-state index in [1.54, 1.807) is 20.8 Å². The maximum Gasteiger partial charge on any atom is 0.411 e. The minimum Gasteiger partial charge on any atom is -0.444 e. The van der Waals surface area contributed by atoms with E-state index >= 15 is 0 Å². The third kappa shape index (κ3) is 3.82. The van der Waals surface area contributed by atoms with Crippen LogP contribution in [0, 0.1) is 0 Å². The average Bonchev–Trinajstić information content (AvgIpc) is 3.08. The van der Waals surface area contributed by atoms with Crippen molar-refractivity contribution in [3.8, 4) is 0 Å². The van der Waals surface area contributed by atoms with E-state index in [9.17, 15) is 14.0 Å². The maximum atomic E-state index is 13.8. The van der Waals surface area contributed by atoms with Crippen molar-refractivity contribution < 1.29 is 23.1 Å². The molecule has 0 bridgehead atoms. The third-order valence-corrected chi connectivity index (χ3v) is 3.78. The van der Waals surface area contributed by atoms with Gasteiger partial charge in [-0.2, -0.15) is 0 Å². The normalized spacial score (nSPS) is 24.1. The molecule has 0 spiro atoms. The van der Waals surface area contributed by atoms with Crippen LogP contribution < -0.4 is 5.32 Å². The highest BCUT2D eigenvalue weighted by molar-refractivity contribution is 5.95. The van der Waals surface area contributed by atoms with Crippen LogP contribution in [0.1, 0.15) is 51.8 Å². The summed E-state index contributed by atoms with van der Waals surface area (Å²) in [5.74, 6) is 0.194. The first-order chi connectivity index (χ1) is 11.2. The first-order valence-electron chi connectivity index (χ1n) is 8.01. The number of likely N-dealkylation sites (tertiary alicyclic amines) is 1. The number of amides is 2. The molecule has 8 nitrogen and oxygen atoms in total. The molecule has 2 amide bonds. The number of anilines is 1. The second-order valence-electron chi connectivity index (χ2n) is 7.19. The molecule has 1 aromatic rings. The molecular weight excluding hydrogens is 319 g/mol. The Morgan fingerprint density at radius 2 is 2.04 bits per heavy atom. The highest BCUT2D eigenvalue weighted by Gasteiger charge is 2.42. The second kappa shape index (κ2) is 6.03. The summed E-state index contributed by atoms with van der Waals surface area (Å²) in [6.07, 6.45) is -0.0956. The number of halogens is 1.